The molecule has 10 nitrogen and oxygen atoms in total. The van der Waals surface area contributed by atoms with Crippen molar-refractivity contribution in [2.24, 2.45) is 0 Å². The van der Waals surface area contributed by atoms with Gasteiger partial charge in [-0.3, -0.25) is 19.2 Å². The molecule has 0 heterocycles. The van der Waals surface area contributed by atoms with Crippen molar-refractivity contribution >= 4 is 23.9 Å². The molecule has 210 valence electrons. The van der Waals surface area contributed by atoms with Crippen LogP contribution in [-0.2, 0) is 38.1 Å². The van der Waals surface area contributed by atoms with Crippen LogP contribution in [0.1, 0.15) is 104 Å². The molecule has 36 heavy (non-hydrogen) atoms. The van der Waals surface area contributed by atoms with E-state index in [1.54, 1.807) is 0 Å². The molecular weight excluding hydrogens is 472 g/mol. The first-order valence-corrected chi connectivity index (χ1v) is 13.3. The van der Waals surface area contributed by atoms with Crippen molar-refractivity contribution in [1.29, 1.82) is 0 Å². The summed E-state index contributed by atoms with van der Waals surface area (Å²) >= 11 is 0. The van der Waals surface area contributed by atoms with Crippen LogP contribution in [0.3, 0.4) is 0 Å². The lowest BCUT2D eigenvalue weighted by Gasteiger charge is -2.18. The van der Waals surface area contributed by atoms with Crippen molar-refractivity contribution < 1.29 is 48.3 Å². The lowest BCUT2D eigenvalue weighted by molar-refractivity contribution is -0.167. The van der Waals surface area contributed by atoms with E-state index >= 15 is 0 Å². The normalized spacial score (nSPS) is 12.4. The number of aliphatic hydroxyl groups is 2. The predicted octanol–water partition coefficient (Wildman–Crippen LogP) is 3.38. The standard InChI is InChI=1S/C26H46O10/c1-3-5-7-9-11-13-23(29)34-19-22(36-26(32)14-12-10-8-6-4-2)20-35-25(31)16-15-24(30)33-18-21(28)17-27/h21-22,27-28H,3-20H2,1-2H3. The van der Waals surface area contributed by atoms with E-state index in [0.717, 1.165) is 57.8 Å². The van der Waals surface area contributed by atoms with Gasteiger partial charge in [0.1, 0.15) is 25.9 Å². The SMILES string of the molecule is CCCCCCCC(=O)OCC(COC(=O)CCC(=O)OCC(O)CO)OC(=O)CCCCCCC. The Bertz CT molecular complexity index is 608. The summed E-state index contributed by atoms with van der Waals surface area (Å²) in [6, 6.07) is 0. The molecular formula is C26H46O10. The Hall–Kier alpha value is -2.20. The molecule has 0 saturated heterocycles. The fraction of sp³-hybridized carbons (Fsp3) is 0.846. The van der Waals surface area contributed by atoms with Crippen LogP contribution in [0.25, 0.3) is 0 Å². The van der Waals surface area contributed by atoms with Gasteiger partial charge in [0.15, 0.2) is 6.10 Å². The van der Waals surface area contributed by atoms with Crippen molar-refractivity contribution in [2.75, 3.05) is 26.4 Å². The van der Waals surface area contributed by atoms with Crippen LogP contribution in [0.2, 0.25) is 0 Å². The zero-order chi connectivity index (χ0) is 27.0. The van der Waals surface area contributed by atoms with Crippen molar-refractivity contribution in [3.05, 3.63) is 0 Å². The van der Waals surface area contributed by atoms with Gasteiger partial charge < -0.3 is 29.2 Å². The maximum Gasteiger partial charge on any atom is 0.306 e. The number of unbranched alkanes of at least 4 members (excludes halogenated alkanes) is 8. The first kappa shape index (κ1) is 33.8. The lowest BCUT2D eigenvalue weighted by Crippen LogP contribution is -2.31. The molecule has 2 unspecified atom stereocenters. The number of aliphatic hydroxyl groups excluding tert-OH is 2. The van der Waals surface area contributed by atoms with Gasteiger partial charge in [0.2, 0.25) is 0 Å². The van der Waals surface area contributed by atoms with E-state index < -0.39 is 42.7 Å². The molecule has 0 aromatic rings. The Morgan fingerprint density at radius 3 is 1.47 bits per heavy atom. The highest BCUT2D eigenvalue weighted by atomic mass is 16.6. The second kappa shape index (κ2) is 23.2. The number of esters is 4. The van der Waals surface area contributed by atoms with Crippen LogP contribution < -0.4 is 0 Å². The van der Waals surface area contributed by atoms with Gasteiger partial charge in [-0.1, -0.05) is 65.2 Å². The van der Waals surface area contributed by atoms with Crippen molar-refractivity contribution in [3.63, 3.8) is 0 Å². The maximum absolute atomic E-state index is 12.2. The number of carbonyl (C=O) groups is 4. The highest BCUT2D eigenvalue weighted by molar-refractivity contribution is 5.77. The quantitative estimate of drug-likeness (QED) is 0.117. The minimum absolute atomic E-state index is 0.219. The molecule has 0 aromatic heterocycles. The monoisotopic (exact) mass is 518 g/mol. The van der Waals surface area contributed by atoms with E-state index in [0.29, 0.717) is 6.42 Å². The molecule has 0 aliphatic heterocycles. The van der Waals surface area contributed by atoms with Crippen molar-refractivity contribution in [2.45, 2.75) is 116 Å². The second-order valence-electron chi connectivity index (χ2n) is 8.83. The van der Waals surface area contributed by atoms with Crippen LogP contribution in [-0.4, -0.2) is 72.7 Å². The van der Waals surface area contributed by atoms with Gasteiger partial charge in [-0.2, -0.15) is 0 Å². The van der Waals surface area contributed by atoms with E-state index in [1.165, 1.54) is 0 Å². The second-order valence-corrected chi connectivity index (χ2v) is 8.83. The first-order valence-electron chi connectivity index (χ1n) is 13.3. The molecule has 2 atom stereocenters. The zero-order valence-electron chi connectivity index (χ0n) is 22.0. The summed E-state index contributed by atoms with van der Waals surface area (Å²) in [5.74, 6) is -2.28. The van der Waals surface area contributed by atoms with Crippen LogP contribution >= 0.6 is 0 Å². The third-order valence-electron chi connectivity index (χ3n) is 5.31. The Morgan fingerprint density at radius 2 is 1.00 bits per heavy atom. The summed E-state index contributed by atoms with van der Waals surface area (Å²) < 4.78 is 20.5. The molecule has 10 heteroatoms. The third kappa shape index (κ3) is 21.1. The summed E-state index contributed by atoms with van der Waals surface area (Å²) in [6.45, 7) is 2.79. The van der Waals surface area contributed by atoms with Gasteiger partial charge >= 0.3 is 23.9 Å². The minimum Gasteiger partial charge on any atom is -0.463 e. The van der Waals surface area contributed by atoms with Crippen LogP contribution in [0, 0.1) is 0 Å². The summed E-state index contributed by atoms with van der Waals surface area (Å²) in [4.78, 5) is 47.8. The minimum atomic E-state index is -1.18. The summed E-state index contributed by atoms with van der Waals surface area (Å²) in [6.07, 6.45) is 7.67. The highest BCUT2D eigenvalue weighted by Gasteiger charge is 2.20. The summed E-state index contributed by atoms with van der Waals surface area (Å²) in [7, 11) is 0. The fourth-order valence-corrected chi connectivity index (χ4v) is 3.14. The topological polar surface area (TPSA) is 146 Å². The van der Waals surface area contributed by atoms with E-state index in [1.807, 2.05) is 0 Å². The maximum atomic E-state index is 12.2. The van der Waals surface area contributed by atoms with Gasteiger partial charge in [-0.25, -0.2) is 0 Å². The van der Waals surface area contributed by atoms with Gasteiger partial charge in [0, 0.05) is 12.8 Å². The Morgan fingerprint density at radius 1 is 0.583 bits per heavy atom. The molecule has 2 N–H and O–H groups in total. The molecule has 0 rings (SSSR count). The van der Waals surface area contributed by atoms with Crippen LogP contribution in [0.4, 0.5) is 0 Å². The Balaban J connectivity index is 4.51. The van der Waals surface area contributed by atoms with Gasteiger partial charge in [0.05, 0.1) is 19.4 Å². The van der Waals surface area contributed by atoms with Crippen LogP contribution in [0.5, 0.6) is 0 Å². The molecule has 0 aromatic carbocycles. The molecule has 0 amide bonds. The molecule has 0 aliphatic rings. The predicted molar refractivity (Wildman–Crippen MR) is 132 cm³/mol. The smallest absolute Gasteiger partial charge is 0.306 e. The Labute approximate surface area is 215 Å². The molecule has 0 aliphatic carbocycles. The van der Waals surface area contributed by atoms with Crippen molar-refractivity contribution in [3.8, 4) is 0 Å². The van der Waals surface area contributed by atoms with E-state index in [-0.39, 0.29) is 45.5 Å². The van der Waals surface area contributed by atoms with Gasteiger partial charge in [0.25, 0.3) is 0 Å². The van der Waals surface area contributed by atoms with E-state index in [2.05, 4.69) is 13.8 Å². The molecule has 0 spiro atoms. The fourth-order valence-electron chi connectivity index (χ4n) is 3.14. The number of hydrogen-bond donors (Lipinski definition) is 2. The number of rotatable bonds is 23. The zero-order valence-corrected chi connectivity index (χ0v) is 22.0. The average molecular weight is 519 g/mol. The van der Waals surface area contributed by atoms with Crippen LogP contribution in [0.15, 0.2) is 0 Å². The average Bonchev–Trinajstić information content (AvgIpc) is 2.87. The largest absolute Gasteiger partial charge is 0.463 e. The van der Waals surface area contributed by atoms with Gasteiger partial charge in [-0.05, 0) is 12.8 Å². The first-order chi connectivity index (χ1) is 17.3. The van der Waals surface area contributed by atoms with E-state index in [9.17, 15) is 19.2 Å². The molecule has 0 fully saturated rings. The van der Waals surface area contributed by atoms with E-state index in [4.69, 9.17) is 29.2 Å². The highest BCUT2D eigenvalue weighted by Crippen LogP contribution is 2.09. The van der Waals surface area contributed by atoms with Crippen molar-refractivity contribution in [1.82, 2.24) is 0 Å². The number of carbonyl (C=O) groups excluding carboxylic acids is 4. The number of ether oxygens (including phenoxy) is 4. The third-order valence-corrected chi connectivity index (χ3v) is 5.31. The molecule has 0 bridgehead atoms. The summed E-state index contributed by atoms with van der Waals surface area (Å²) in [5, 5.41) is 17.9. The van der Waals surface area contributed by atoms with Gasteiger partial charge in [-0.15, -0.1) is 0 Å². The molecule has 0 radical (unpaired) electrons. The molecule has 0 saturated carbocycles. The summed E-state index contributed by atoms with van der Waals surface area (Å²) in [5.41, 5.74) is 0. The number of hydrogen-bond acceptors (Lipinski definition) is 10. The Kier molecular flexibility index (Phi) is 21.8. The lowest BCUT2D eigenvalue weighted by atomic mass is 10.1.